The van der Waals surface area contributed by atoms with E-state index in [1.165, 1.54) is 0 Å². The predicted molar refractivity (Wildman–Crippen MR) is 118 cm³/mol. The minimum atomic E-state index is -0.568. The van der Waals surface area contributed by atoms with Crippen molar-refractivity contribution in [1.82, 2.24) is 10.2 Å². The SMILES string of the molecule is CCNC(=O)C(CC)N(Cc1ccc(OC)cc1)C(=O)COc1cccc(C)c1C. The van der Waals surface area contributed by atoms with E-state index in [9.17, 15) is 9.59 Å². The number of nitrogens with one attached hydrogen (secondary N) is 1. The molecule has 2 aromatic rings. The fourth-order valence-electron chi connectivity index (χ4n) is 3.24. The Morgan fingerprint density at radius 3 is 2.37 bits per heavy atom. The summed E-state index contributed by atoms with van der Waals surface area (Å²) in [5.74, 6) is 1.03. The van der Waals surface area contributed by atoms with Gasteiger partial charge in [-0.25, -0.2) is 0 Å². The molecular formula is C24H32N2O4. The van der Waals surface area contributed by atoms with Crippen LogP contribution in [0.3, 0.4) is 0 Å². The lowest BCUT2D eigenvalue weighted by Gasteiger charge is -2.30. The molecule has 0 heterocycles. The molecule has 0 aliphatic rings. The lowest BCUT2D eigenvalue weighted by molar-refractivity contribution is -0.142. The van der Waals surface area contributed by atoms with Gasteiger partial charge in [0.05, 0.1) is 7.11 Å². The molecule has 0 bridgehead atoms. The molecule has 1 atom stereocenters. The highest BCUT2D eigenvalue weighted by atomic mass is 16.5. The highest BCUT2D eigenvalue weighted by Crippen LogP contribution is 2.21. The van der Waals surface area contributed by atoms with Crippen molar-refractivity contribution < 1.29 is 19.1 Å². The first-order chi connectivity index (χ1) is 14.4. The van der Waals surface area contributed by atoms with Gasteiger partial charge in [-0.2, -0.15) is 0 Å². The van der Waals surface area contributed by atoms with E-state index in [1.54, 1.807) is 12.0 Å². The highest BCUT2D eigenvalue weighted by molar-refractivity contribution is 5.88. The molecular weight excluding hydrogens is 380 g/mol. The normalized spacial score (nSPS) is 11.5. The summed E-state index contributed by atoms with van der Waals surface area (Å²) in [5, 5.41) is 2.83. The number of nitrogens with zero attached hydrogens (tertiary/aromatic N) is 1. The third-order valence-electron chi connectivity index (χ3n) is 5.15. The number of ether oxygens (including phenoxy) is 2. The Morgan fingerprint density at radius 2 is 1.77 bits per heavy atom. The average molecular weight is 413 g/mol. The zero-order chi connectivity index (χ0) is 22.1. The van der Waals surface area contributed by atoms with Crippen LogP contribution >= 0.6 is 0 Å². The van der Waals surface area contributed by atoms with E-state index < -0.39 is 6.04 Å². The van der Waals surface area contributed by atoms with Gasteiger partial charge in [0.1, 0.15) is 17.5 Å². The number of amides is 2. The van der Waals surface area contributed by atoms with Gasteiger partial charge in [-0.1, -0.05) is 31.2 Å². The number of hydrogen-bond donors (Lipinski definition) is 1. The second-order valence-electron chi connectivity index (χ2n) is 7.18. The van der Waals surface area contributed by atoms with Crippen LogP contribution in [0.4, 0.5) is 0 Å². The van der Waals surface area contributed by atoms with E-state index in [4.69, 9.17) is 9.47 Å². The van der Waals surface area contributed by atoms with Crippen LogP contribution in [-0.2, 0) is 16.1 Å². The van der Waals surface area contributed by atoms with Crippen molar-refractivity contribution >= 4 is 11.8 Å². The molecule has 162 valence electrons. The van der Waals surface area contributed by atoms with Gasteiger partial charge < -0.3 is 19.7 Å². The Bertz CT molecular complexity index is 849. The van der Waals surface area contributed by atoms with Crippen molar-refractivity contribution in [1.29, 1.82) is 0 Å². The van der Waals surface area contributed by atoms with Gasteiger partial charge in [-0.15, -0.1) is 0 Å². The number of aryl methyl sites for hydroxylation is 1. The zero-order valence-corrected chi connectivity index (χ0v) is 18.5. The maximum Gasteiger partial charge on any atom is 0.261 e. The van der Waals surface area contributed by atoms with Gasteiger partial charge >= 0.3 is 0 Å². The third kappa shape index (κ3) is 5.99. The molecule has 0 fully saturated rings. The first kappa shape index (κ1) is 23.3. The van der Waals surface area contributed by atoms with Crippen LogP contribution in [0.1, 0.15) is 37.0 Å². The fourth-order valence-corrected chi connectivity index (χ4v) is 3.24. The van der Waals surface area contributed by atoms with Crippen molar-refractivity contribution in [2.24, 2.45) is 0 Å². The topological polar surface area (TPSA) is 67.9 Å². The molecule has 2 aromatic carbocycles. The minimum absolute atomic E-state index is 0.129. The number of hydrogen-bond acceptors (Lipinski definition) is 4. The summed E-state index contributed by atoms with van der Waals surface area (Å²) >= 11 is 0. The number of carbonyl (C=O) groups is 2. The fraction of sp³-hybridized carbons (Fsp3) is 0.417. The Kier molecular flexibility index (Phi) is 8.71. The smallest absolute Gasteiger partial charge is 0.261 e. The van der Waals surface area contributed by atoms with Gasteiger partial charge in [-0.3, -0.25) is 9.59 Å². The second-order valence-corrected chi connectivity index (χ2v) is 7.18. The van der Waals surface area contributed by atoms with Gasteiger partial charge in [0.2, 0.25) is 5.91 Å². The van der Waals surface area contributed by atoms with E-state index in [1.807, 2.05) is 70.2 Å². The van der Waals surface area contributed by atoms with E-state index in [-0.39, 0.29) is 18.4 Å². The molecule has 2 rings (SSSR count). The molecule has 0 spiro atoms. The van der Waals surface area contributed by atoms with Crippen molar-refractivity contribution in [2.45, 2.75) is 46.7 Å². The number of benzene rings is 2. The van der Waals surface area contributed by atoms with Crippen molar-refractivity contribution in [3.63, 3.8) is 0 Å². The monoisotopic (exact) mass is 412 g/mol. The summed E-state index contributed by atoms with van der Waals surface area (Å²) in [6, 6.07) is 12.7. The molecule has 2 amide bonds. The number of rotatable bonds is 10. The van der Waals surface area contributed by atoms with Crippen LogP contribution in [0.2, 0.25) is 0 Å². The van der Waals surface area contributed by atoms with Gasteiger partial charge in [0, 0.05) is 13.1 Å². The minimum Gasteiger partial charge on any atom is -0.497 e. The van der Waals surface area contributed by atoms with E-state index in [0.29, 0.717) is 25.3 Å². The second kappa shape index (κ2) is 11.2. The van der Waals surface area contributed by atoms with Gasteiger partial charge in [0.25, 0.3) is 5.91 Å². The maximum atomic E-state index is 13.1. The van der Waals surface area contributed by atoms with Gasteiger partial charge in [0.15, 0.2) is 6.61 Å². The molecule has 0 aromatic heterocycles. The lowest BCUT2D eigenvalue weighted by Crippen LogP contribution is -2.50. The first-order valence-electron chi connectivity index (χ1n) is 10.3. The van der Waals surface area contributed by atoms with E-state index in [2.05, 4.69) is 5.32 Å². The van der Waals surface area contributed by atoms with Crippen molar-refractivity contribution in [3.8, 4) is 11.5 Å². The average Bonchev–Trinajstić information content (AvgIpc) is 2.75. The number of methoxy groups -OCH3 is 1. The van der Waals surface area contributed by atoms with Crippen LogP contribution in [0.25, 0.3) is 0 Å². The molecule has 30 heavy (non-hydrogen) atoms. The van der Waals surface area contributed by atoms with E-state index >= 15 is 0 Å². The molecule has 0 aliphatic heterocycles. The van der Waals surface area contributed by atoms with Crippen LogP contribution < -0.4 is 14.8 Å². The van der Waals surface area contributed by atoms with Crippen LogP contribution in [0.5, 0.6) is 11.5 Å². The van der Waals surface area contributed by atoms with Gasteiger partial charge in [-0.05, 0) is 62.1 Å². The third-order valence-corrected chi connectivity index (χ3v) is 5.15. The molecule has 1 unspecified atom stereocenters. The summed E-state index contributed by atoms with van der Waals surface area (Å²) in [6.45, 7) is 8.43. The summed E-state index contributed by atoms with van der Waals surface area (Å²) in [7, 11) is 1.61. The molecule has 1 N–H and O–H groups in total. The molecule has 6 heteroatoms. The molecule has 0 saturated carbocycles. The Morgan fingerprint density at radius 1 is 1.07 bits per heavy atom. The predicted octanol–water partition coefficient (Wildman–Crippen LogP) is 3.63. The molecule has 0 saturated heterocycles. The highest BCUT2D eigenvalue weighted by Gasteiger charge is 2.28. The summed E-state index contributed by atoms with van der Waals surface area (Å²) in [4.78, 5) is 27.4. The van der Waals surface area contributed by atoms with Crippen molar-refractivity contribution in [2.75, 3.05) is 20.3 Å². The zero-order valence-electron chi connectivity index (χ0n) is 18.5. The molecule has 0 aliphatic carbocycles. The summed E-state index contributed by atoms with van der Waals surface area (Å²) in [5.41, 5.74) is 3.02. The number of likely N-dealkylation sites (N-methyl/N-ethyl adjacent to an activating group) is 1. The maximum absolute atomic E-state index is 13.1. The Labute approximate surface area is 179 Å². The quantitative estimate of drug-likeness (QED) is 0.647. The van der Waals surface area contributed by atoms with Crippen molar-refractivity contribution in [3.05, 3.63) is 59.2 Å². The Hall–Kier alpha value is -3.02. The summed E-state index contributed by atoms with van der Waals surface area (Å²) < 4.78 is 11.0. The first-order valence-corrected chi connectivity index (χ1v) is 10.3. The van der Waals surface area contributed by atoms with E-state index in [0.717, 1.165) is 22.4 Å². The van der Waals surface area contributed by atoms with Crippen LogP contribution in [0, 0.1) is 13.8 Å². The molecule has 0 radical (unpaired) electrons. The van der Waals surface area contributed by atoms with Crippen LogP contribution in [-0.4, -0.2) is 43.0 Å². The number of carbonyl (C=O) groups excluding carboxylic acids is 2. The largest absolute Gasteiger partial charge is 0.497 e. The molecule has 6 nitrogen and oxygen atoms in total. The Balaban J connectivity index is 2.22. The lowest BCUT2D eigenvalue weighted by atomic mass is 10.1. The van der Waals surface area contributed by atoms with Crippen LogP contribution in [0.15, 0.2) is 42.5 Å². The summed E-state index contributed by atoms with van der Waals surface area (Å²) in [6.07, 6.45) is 0.511. The standard InChI is InChI=1S/C24H32N2O4/c1-6-21(24(28)25-7-2)26(15-19-11-13-20(29-5)14-12-19)23(27)16-30-22-10-8-9-17(3)18(22)4/h8-14,21H,6-7,15-16H2,1-5H3,(H,25,28).